The molecule has 0 radical (unpaired) electrons. The third-order valence-electron chi connectivity index (χ3n) is 4.84. The Morgan fingerprint density at radius 2 is 1.72 bits per heavy atom. The molecule has 0 aromatic rings. The smallest absolute Gasteiger partial charge is 0.0599 e. The fourth-order valence-corrected chi connectivity index (χ4v) is 3.83. The van der Waals surface area contributed by atoms with Crippen LogP contribution in [0.2, 0.25) is 0 Å². The third-order valence-corrected chi connectivity index (χ3v) is 4.84. The van der Waals surface area contributed by atoms with Gasteiger partial charge in [-0.05, 0) is 39.8 Å². The Hall–Kier alpha value is -0.120. The van der Waals surface area contributed by atoms with Crippen LogP contribution in [-0.2, 0) is 0 Å². The summed E-state index contributed by atoms with van der Waals surface area (Å²) < 4.78 is 0. The molecule has 3 nitrogen and oxygen atoms in total. The predicted molar refractivity (Wildman–Crippen MR) is 75.8 cm³/mol. The number of likely N-dealkylation sites (N-methyl/N-ethyl adjacent to an activating group) is 1. The maximum absolute atomic E-state index is 9.75. The number of aliphatic hydroxyl groups is 1. The molecular formula is C15H30N2O. The van der Waals surface area contributed by atoms with E-state index in [1.54, 1.807) is 0 Å². The normalized spacial score (nSPS) is 34.2. The van der Waals surface area contributed by atoms with Crippen molar-refractivity contribution in [1.82, 2.24) is 9.80 Å². The molecule has 2 atom stereocenters. The van der Waals surface area contributed by atoms with Crippen LogP contribution in [0.4, 0.5) is 0 Å². The van der Waals surface area contributed by atoms with E-state index < -0.39 is 0 Å². The van der Waals surface area contributed by atoms with Gasteiger partial charge in [-0.3, -0.25) is 4.90 Å². The van der Waals surface area contributed by atoms with Gasteiger partial charge in [0.1, 0.15) is 0 Å². The van der Waals surface area contributed by atoms with Crippen molar-refractivity contribution in [3.8, 4) is 0 Å². The van der Waals surface area contributed by atoms with Crippen LogP contribution >= 0.6 is 0 Å². The van der Waals surface area contributed by atoms with Gasteiger partial charge in [-0.25, -0.2) is 0 Å². The lowest BCUT2D eigenvalue weighted by Gasteiger charge is -2.40. The molecule has 106 valence electrons. The van der Waals surface area contributed by atoms with Gasteiger partial charge in [0.2, 0.25) is 0 Å². The zero-order valence-electron chi connectivity index (χ0n) is 12.1. The summed E-state index contributed by atoms with van der Waals surface area (Å²) in [6.45, 7) is 4.86. The second-order valence-corrected chi connectivity index (χ2v) is 6.33. The quantitative estimate of drug-likeness (QED) is 0.765. The van der Waals surface area contributed by atoms with Crippen molar-refractivity contribution in [2.75, 3.05) is 26.7 Å². The molecule has 1 aliphatic heterocycles. The summed E-state index contributed by atoms with van der Waals surface area (Å²) >= 11 is 0. The van der Waals surface area contributed by atoms with Crippen LogP contribution in [0.15, 0.2) is 0 Å². The van der Waals surface area contributed by atoms with Gasteiger partial charge < -0.3 is 10.0 Å². The van der Waals surface area contributed by atoms with Crippen molar-refractivity contribution < 1.29 is 5.11 Å². The van der Waals surface area contributed by atoms with Crippen molar-refractivity contribution >= 4 is 0 Å². The molecule has 0 bridgehead atoms. The summed E-state index contributed by atoms with van der Waals surface area (Å²) in [4.78, 5) is 5.04. The Balaban J connectivity index is 2.08. The fourth-order valence-electron chi connectivity index (χ4n) is 3.83. The first-order valence-corrected chi connectivity index (χ1v) is 7.79. The van der Waals surface area contributed by atoms with Crippen LogP contribution in [0.3, 0.4) is 0 Å². The fraction of sp³-hybridized carbons (Fsp3) is 1.00. The Morgan fingerprint density at radius 1 is 1.06 bits per heavy atom. The van der Waals surface area contributed by atoms with Crippen molar-refractivity contribution in [3.05, 3.63) is 0 Å². The minimum Gasteiger partial charge on any atom is -0.395 e. The van der Waals surface area contributed by atoms with Gasteiger partial charge in [-0.2, -0.15) is 0 Å². The molecule has 0 aromatic heterocycles. The van der Waals surface area contributed by atoms with Gasteiger partial charge in [0, 0.05) is 24.7 Å². The van der Waals surface area contributed by atoms with E-state index in [2.05, 4.69) is 23.8 Å². The minimum absolute atomic E-state index is 0.311. The highest BCUT2D eigenvalue weighted by Gasteiger charge is 2.33. The van der Waals surface area contributed by atoms with E-state index in [0.29, 0.717) is 24.7 Å². The van der Waals surface area contributed by atoms with E-state index in [1.165, 1.54) is 51.5 Å². The van der Waals surface area contributed by atoms with E-state index in [1.807, 2.05) is 0 Å². The highest BCUT2D eigenvalue weighted by atomic mass is 16.3. The molecule has 1 saturated heterocycles. The van der Waals surface area contributed by atoms with Crippen molar-refractivity contribution in [1.29, 1.82) is 0 Å². The van der Waals surface area contributed by atoms with E-state index >= 15 is 0 Å². The lowest BCUT2D eigenvalue weighted by molar-refractivity contribution is 0.0438. The van der Waals surface area contributed by atoms with Gasteiger partial charge in [-0.15, -0.1) is 0 Å². The standard InChI is InChI=1S/C15H30N2O/c1-13-9-10-16(2)11-15(12-18)17(13)14-7-5-3-4-6-8-14/h13-15,18H,3-12H2,1-2H3. The van der Waals surface area contributed by atoms with Crippen LogP contribution in [0.1, 0.15) is 51.9 Å². The van der Waals surface area contributed by atoms with Crippen molar-refractivity contribution in [3.63, 3.8) is 0 Å². The van der Waals surface area contributed by atoms with E-state index in [9.17, 15) is 5.11 Å². The van der Waals surface area contributed by atoms with E-state index in [4.69, 9.17) is 0 Å². The molecule has 1 heterocycles. The molecular weight excluding hydrogens is 224 g/mol. The first kappa shape index (κ1) is 14.3. The van der Waals surface area contributed by atoms with E-state index in [-0.39, 0.29) is 0 Å². The SMILES string of the molecule is CC1CCN(C)CC(CO)N1C1CCCCCC1. The van der Waals surface area contributed by atoms with Crippen LogP contribution in [-0.4, -0.2) is 59.8 Å². The van der Waals surface area contributed by atoms with Gasteiger partial charge >= 0.3 is 0 Å². The zero-order valence-corrected chi connectivity index (χ0v) is 12.1. The average Bonchev–Trinajstić information content (AvgIpc) is 2.70. The summed E-state index contributed by atoms with van der Waals surface area (Å²) in [5.41, 5.74) is 0. The zero-order chi connectivity index (χ0) is 13.0. The number of rotatable bonds is 2. The second kappa shape index (κ2) is 6.88. The second-order valence-electron chi connectivity index (χ2n) is 6.33. The van der Waals surface area contributed by atoms with Crippen molar-refractivity contribution in [2.24, 2.45) is 0 Å². The number of aliphatic hydroxyl groups excluding tert-OH is 1. The maximum Gasteiger partial charge on any atom is 0.0599 e. The van der Waals surface area contributed by atoms with Crippen molar-refractivity contribution in [2.45, 2.75) is 70.0 Å². The summed E-state index contributed by atoms with van der Waals surface area (Å²) in [6.07, 6.45) is 9.48. The third kappa shape index (κ3) is 3.46. The maximum atomic E-state index is 9.75. The monoisotopic (exact) mass is 254 g/mol. The van der Waals surface area contributed by atoms with Gasteiger partial charge in [0.05, 0.1) is 6.61 Å². The molecule has 3 heteroatoms. The molecule has 18 heavy (non-hydrogen) atoms. The van der Waals surface area contributed by atoms with E-state index in [0.717, 1.165) is 6.54 Å². The van der Waals surface area contributed by atoms with Crippen LogP contribution in [0.25, 0.3) is 0 Å². The molecule has 2 fully saturated rings. The van der Waals surface area contributed by atoms with Gasteiger partial charge in [0.15, 0.2) is 0 Å². The number of nitrogens with zero attached hydrogens (tertiary/aromatic N) is 2. The molecule has 1 aliphatic carbocycles. The molecule has 1 saturated carbocycles. The topological polar surface area (TPSA) is 26.7 Å². The molecule has 0 amide bonds. The highest BCUT2D eigenvalue weighted by Crippen LogP contribution is 2.27. The molecule has 2 aliphatic rings. The summed E-state index contributed by atoms with van der Waals surface area (Å²) in [7, 11) is 2.19. The highest BCUT2D eigenvalue weighted by molar-refractivity contribution is 4.88. The molecule has 1 N–H and O–H groups in total. The lowest BCUT2D eigenvalue weighted by atomic mass is 10.0. The summed E-state index contributed by atoms with van der Waals surface area (Å²) in [5.74, 6) is 0. The van der Waals surface area contributed by atoms with Crippen LogP contribution in [0.5, 0.6) is 0 Å². The summed E-state index contributed by atoms with van der Waals surface area (Å²) in [5, 5.41) is 9.75. The minimum atomic E-state index is 0.311. The predicted octanol–water partition coefficient (Wildman–Crippen LogP) is 2.10. The Morgan fingerprint density at radius 3 is 2.33 bits per heavy atom. The number of hydrogen-bond donors (Lipinski definition) is 1. The molecule has 0 aromatic carbocycles. The largest absolute Gasteiger partial charge is 0.395 e. The van der Waals surface area contributed by atoms with Gasteiger partial charge in [0.25, 0.3) is 0 Å². The molecule has 0 spiro atoms. The first-order chi connectivity index (χ1) is 8.72. The first-order valence-electron chi connectivity index (χ1n) is 7.79. The average molecular weight is 254 g/mol. The number of hydrogen-bond acceptors (Lipinski definition) is 3. The van der Waals surface area contributed by atoms with Crippen LogP contribution < -0.4 is 0 Å². The Kier molecular flexibility index (Phi) is 5.46. The van der Waals surface area contributed by atoms with Crippen LogP contribution in [0, 0.1) is 0 Å². The summed E-state index contributed by atoms with van der Waals surface area (Å²) in [6, 6.07) is 1.68. The Labute approximate surface area is 112 Å². The molecule has 2 rings (SSSR count). The lowest BCUT2D eigenvalue weighted by Crippen LogP contribution is -2.51. The Bertz CT molecular complexity index is 239. The van der Waals surface area contributed by atoms with Gasteiger partial charge in [-0.1, -0.05) is 25.7 Å². The molecule has 2 unspecified atom stereocenters.